The van der Waals surface area contributed by atoms with Gasteiger partial charge in [0.1, 0.15) is 6.07 Å². The lowest BCUT2D eigenvalue weighted by atomic mass is 10.1. The van der Waals surface area contributed by atoms with E-state index < -0.39 is 0 Å². The fraction of sp³-hybridized carbons (Fsp3) is 0.467. The van der Waals surface area contributed by atoms with E-state index in [4.69, 9.17) is 0 Å². The van der Waals surface area contributed by atoms with Crippen molar-refractivity contribution in [3.63, 3.8) is 0 Å². The first-order chi connectivity index (χ1) is 10.2. The normalized spacial score (nSPS) is 21.0. The number of carbonyl (C=O) groups is 1. The Kier molecular flexibility index (Phi) is 3.93. The Balaban J connectivity index is 1.86. The van der Waals surface area contributed by atoms with E-state index in [1.165, 1.54) is 0 Å². The smallest absolute Gasteiger partial charge is 0.317 e. The number of fused-ring (bicyclic) bond motifs is 1. The van der Waals surface area contributed by atoms with Crippen LogP contribution in [0.25, 0.3) is 0 Å². The molecular formula is C15H18N4OS. The molecule has 3 rings (SSSR count). The number of hydrogen-bond acceptors (Lipinski definition) is 4. The quantitative estimate of drug-likeness (QED) is 0.866. The van der Waals surface area contributed by atoms with Gasteiger partial charge in [0.05, 0.1) is 17.3 Å². The second-order valence-corrected chi connectivity index (χ2v) is 6.48. The lowest BCUT2D eigenvalue weighted by molar-refractivity contribution is 0.197. The molecule has 110 valence electrons. The summed E-state index contributed by atoms with van der Waals surface area (Å²) in [4.78, 5) is 16.8. The van der Waals surface area contributed by atoms with E-state index in [-0.39, 0.29) is 12.1 Å². The molecule has 0 saturated carbocycles. The summed E-state index contributed by atoms with van der Waals surface area (Å²) in [6, 6.07) is 8.63. The van der Waals surface area contributed by atoms with Gasteiger partial charge in [0.15, 0.2) is 0 Å². The van der Waals surface area contributed by atoms with Crippen LogP contribution < -0.4 is 10.2 Å². The predicted molar refractivity (Wildman–Crippen MR) is 83.7 cm³/mol. The Morgan fingerprint density at radius 2 is 2.33 bits per heavy atom. The highest BCUT2D eigenvalue weighted by Crippen LogP contribution is 2.31. The van der Waals surface area contributed by atoms with Crippen molar-refractivity contribution in [1.82, 2.24) is 10.2 Å². The van der Waals surface area contributed by atoms with Crippen molar-refractivity contribution >= 4 is 23.5 Å². The minimum Gasteiger partial charge on any atom is -0.367 e. The summed E-state index contributed by atoms with van der Waals surface area (Å²) in [7, 11) is 0. The second-order valence-electron chi connectivity index (χ2n) is 5.17. The number of benzene rings is 1. The largest absolute Gasteiger partial charge is 0.367 e. The molecule has 1 aromatic carbocycles. The Hall–Kier alpha value is -1.87. The molecule has 21 heavy (non-hydrogen) atoms. The molecule has 2 fully saturated rings. The third-order valence-electron chi connectivity index (χ3n) is 3.99. The van der Waals surface area contributed by atoms with Crippen LogP contribution in [0.15, 0.2) is 23.1 Å². The lowest BCUT2D eigenvalue weighted by Gasteiger charge is -2.38. The van der Waals surface area contributed by atoms with Crippen molar-refractivity contribution in [2.75, 3.05) is 36.8 Å². The van der Waals surface area contributed by atoms with Crippen LogP contribution in [0.2, 0.25) is 0 Å². The number of nitriles is 1. The van der Waals surface area contributed by atoms with Gasteiger partial charge in [0, 0.05) is 31.1 Å². The summed E-state index contributed by atoms with van der Waals surface area (Å²) in [6.45, 7) is 5.06. The van der Waals surface area contributed by atoms with Crippen LogP contribution in [0.1, 0.15) is 12.5 Å². The molecule has 0 radical (unpaired) electrons. The van der Waals surface area contributed by atoms with E-state index in [2.05, 4.69) is 23.2 Å². The summed E-state index contributed by atoms with van der Waals surface area (Å²) in [6.07, 6.45) is 0. The van der Waals surface area contributed by atoms with Gasteiger partial charge in [-0.25, -0.2) is 4.79 Å². The van der Waals surface area contributed by atoms with E-state index >= 15 is 0 Å². The minimum atomic E-state index is 0.0374. The summed E-state index contributed by atoms with van der Waals surface area (Å²) in [5.41, 5.74) is 1.75. The highest BCUT2D eigenvalue weighted by atomic mass is 32.2. The van der Waals surface area contributed by atoms with Gasteiger partial charge in [-0.05, 0) is 17.9 Å². The standard InChI is InChI=1S/C15H18N4OS/c1-2-21-14-5-3-4-13(12(14)8-16)18-6-7-19-11(10-18)9-17-15(19)20/h3-5,11H,2,6-7,9-10H2,1H3,(H,17,20). The molecule has 2 amide bonds. The van der Waals surface area contributed by atoms with Gasteiger partial charge in [0.2, 0.25) is 0 Å². The van der Waals surface area contributed by atoms with Crippen molar-refractivity contribution in [1.29, 1.82) is 5.26 Å². The van der Waals surface area contributed by atoms with Gasteiger partial charge in [-0.2, -0.15) is 5.26 Å². The number of nitrogens with zero attached hydrogens (tertiary/aromatic N) is 3. The van der Waals surface area contributed by atoms with Gasteiger partial charge < -0.3 is 15.1 Å². The fourth-order valence-electron chi connectivity index (χ4n) is 2.99. The molecule has 5 nitrogen and oxygen atoms in total. The van der Waals surface area contributed by atoms with Crippen molar-refractivity contribution < 1.29 is 4.79 Å². The number of nitrogens with one attached hydrogen (secondary N) is 1. The number of hydrogen-bond donors (Lipinski definition) is 1. The maximum absolute atomic E-state index is 11.7. The Bertz CT molecular complexity index is 598. The Labute approximate surface area is 128 Å². The Morgan fingerprint density at radius 3 is 3.10 bits per heavy atom. The van der Waals surface area contributed by atoms with Crippen LogP contribution in [-0.4, -0.2) is 48.9 Å². The van der Waals surface area contributed by atoms with Crippen molar-refractivity contribution in [3.05, 3.63) is 23.8 Å². The first kappa shape index (κ1) is 14.1. The maximum Gasteiger partial charge on any atom is 0.317 e. The number of carbonyl (C=O) groups excluding carboxylic acids is 1. The molecule has 2 aliphatic heterocycles. The Morgan fingerprint density at radius 1 is 1.48 bits per heavy atom. The van der Waals surface area contributed by atoms with E-state index in [1.807, 2.05) is 23.1 Å². The van der Waals surface area contributed by atoms with Gasteiger partial charge in [-0.1, -0.05) is 13.0 Å². The van der Waals surface area contributed by atoms with Crippen LogP contribution in [-0.2, 0) is 0 Å². The molecule has 0 aromatic heterocycles. The summed E-state index contributed by atoms with van der Waals surface area (Å²) >= 11 is 1.70. The minimum absolute atomic E-state index is 0.0374. The molecule has 1 unspecified atom stereocenters. The molecular weight excluding hydrogens is 284 g/mol. The van der Waals surface area contributed by atoms with Gasteiger partial charge >= 0.3 is 6.03 Å². The molecule has 0 bridgehead atoms. The van der Waals surface area contributed by atoms with E-state index in [1.54, 1.807) is 11.8 Å². The van der Waals surface area contributed by atoms with Gasteiger partial charge in [0.25, 0.3) is 0 Å². The van der Waals surface area contributed by atoms with Gasteiger partial charge in [-0.3, -0.25) is 0 Å². The van der Waals surface area contributed by atoms with Crippen LogP contribution in [0, 0.1) is 11.3 Å². The molecule has 1 atom stereocenters. The van der Waals surface area contributed by atoms with Crippen LogP contribution in [0.5, 0.6) is 0 Å². The average Bonchev–Trinajstić information content (AvgIpc) is 2.88. The molecule has 1 N–H and O–H groups in total. The zero-order valence-corrected chi connectivity index (χ0v) is 12.8. The lowest BCUT2D eigenvalue weighted by Crippen LogP contribution is -2.52. The van der Waals surface area contributed by atoms with Crippen LogP contribution >= 0.6 is 11.8 Å². The zero-order chi connectivity index (χ0) is 14.8. The molecule has 0 spiro atoms. The van der Waals surface area contributed by atoms with Crippen LogP contribution in [0.4, 0.5) is 10.5 Å². The SMILES string of the molecule is CCSc1cccc(N2CCN3C(=O)NCC3C2)c1C#N. The third kappa shape index (κ3) is 2.54. The summed E-state index contributed by atoms with van der Waals surface area (Å²) in [5.74, 6) is 0.951. The van der Waals surface area contributed by atoms with Crippen LogP contribution in [0.3, 0.4) is 0 Å². The molecule has 2 saturated heterocycles. The first-order valence-corrected chi connectivity index (χ1v) is 8.18. The number of anilines is 1. The predicted octanol–water partition coefficient (Wildman–Crippen LogP) is 1.88. The third-order valence-corrected chi connectivity index (χ3v) is 4.93. The molecule has 2 heterocycles. The number of piperazine rings is 1. The average molecular weight is 302 g/mol. The molecule has 6 heteroatoms. The summed E-state index contributed by atoms with van der Waals surface area (Å²) < 4.78 is 0. The maximum atomic E-state index is 11.7. The van der Waals surface area contributed by atoms with Crippen molar-refractivity contribution in [2.45, 2.75) is 17.9 Å². The highest BCUT2D eigenvalue weighted by Gasteiger charge is 2.36. The molecule has 2 aliphatic rings. The van der Waals surface area contributed by atoms with E-state index in [0.29, 0.717) is 13.1 Å². The molecule has 0 aliphatic carbocycles. The number of thioether (sulfide) groups is 1. The topological polar surface area (TPSA) is 59.4 Å². The number of rotatable bonds is 3. The highest BCUT2D eigenvalue weighted by molar-refractivity contribution is 7.99. The summed E-state index contributed by atoms with van der Waals surface area (Å²) in [5, 5.41) is 12.4. The fourth-order valence-corrected chi connectivity index (χ4v) is 3.77. The van der Waals surface area contributed by atoms with E-state index in [9.17, 15) is 10.1 Å². The zero-order valence-electron chi connectivity index (χ0n) is 12.0. The monoisotopic (exact) mass is 302 g/mol. The van der Waals surface area contributed by atoms with Gasteiger partial charge in [-0.15, -0.1) is 11.8 Å². The first-order valence-electron chi connectivity index (χ1n) is 7.20. The van der Waals surface area contributed by atoms with Crippen molar-refractivity contribution in [3.8, 4) is 6.07 Å². The van der Waals surface area contributed by atoms with E-state index in [0.717, 1.165) is 35.0 Å². The molecule has 1 aromatic rings. The second kappa shape index (κ2) is 5.86. The van der Waals surface area contributed by atoms with Crippen molar-refractivity contribution in [2.24, 2.45) is 0 Å². The number of urea groups is 1. The number of amides is 2.